The van der Waals surface area contributed by atoms with Gasteiger partial charge in [-0.2, -0.15) is 0 Å². The lowest BCUT2D eigenvalue weighted by molar-refractivity contribution is 0.829. The Morgan fingerprint density at radius 3 is 2.85 bits per heavy atom. The van der Waals surface area contributed by atoms with Gasteiger partial charge in [0, 0.05) is 11.7 Å². The van der Waals surface area contributed by atoms with Crippen LogP contribution in [-0.4, -0.2) is 4.57 Å². The van der Waals surface area contributed by atoms with Gasteiger partial charge in [-0.1, -0.05) is 42.5 Å². The molecule has 0 N–H and O–H groups in total. The summed E-state index contributed by atoms with van der Waals surface area (Å²) < 4.78 is 1.99. The Morgan fingerprint density at radius 1 is 1.31 bits per heavy atom. The van der Waals surface area contributed by atoms with E-state index < -0.39 is 0 Å². The van der Waals surface area contributed by atoms with Gasteiger partial charge < -0.3 is 4.57 Å². The predicted molar refractivity (Wildman–Crippen MR) is 57.0 cm³/mol. The molecule has 0 amide bonds. The van der Waals surface area contributed by atoms with Crippen molar-refractivity contribution < 1.29 is 0 Å². The Kier molecular flexibility index (Phi) is 2.11. The fourth-order valence-corrected chi connectivity index (χ4v) is 1.60. The first-order valence-electron chi connectivity index (χ1n) is 4.15. The summed E-state index contributed by atoms with van der Waals surface area (Å²) in [6.07, 6.45) is 3.69. The van der Waals surface area contributed by atoms with E-state index in [0.717, 1.165) is 5.52 Å². The molecule has 0 saturated heterocycles. The highest BCUT2D eigenvalue weighted by molar-refractivity contribution is 6.20. The number of benzene rings is 1. The van der Waals surface area contributed by atoms with Gasteiger partial charge in [0.25, 0.3) is 0 Å². The lowest BCUT2D eigenvalue weighted by Gasteiger charge is -2.07. The van der Waals surface area contributed by atoms with Crippen molar-refractivity contribution in [2.75, 3.05) is 0 Å². The summed E-state index contributed by atoms with van der Waals surface area (Å²) in [4.78, 5) is 0. The standard InChI is InChI=1S/C11H10ClN/c1-2-11(12)13-8-7-9-5-3-4-6-10(9)13/h2-8,11H,1H2. The first-order valence-corrected chi connectivity index (χ1v) is 4.59. The van der Waals surface area contributed by atoms with Crippen molar-refractivity contribution in [2.45, 2.75) is 5.50 Å². The Bertz CT molecular complexity index is 430. The van der Waals surface area contributed by atoms with Crippen LogP contribution in [-0.2, 0) is 0 Å². The average Bonchev–Trinajstić information content (AvgIpc) is 2.60. The first kappa shape index (κ1) is 8.39. The van der Waals surface area contributed by atoms with Gasteiger partial charge in [0.2, 0.25) is 0 Å². The van der Waals surface area contributed by atoms with E-state index in [1.807, 2.05) is 35.0 Å². The van der Waals surface area contributed by atoms with Gasteiger partial charge in [-0.15, -0.1) is 0 Å². The second-order valence-corrected chi connectivity index (χ2v) is 3.34. The molecule has 0 aliphatic carbocycles. The number of hydrogen-bond donors (Lipinski definition) is 0. The number of aromatic nitrogens is 1. The Hall–Kier alpha value is -1.21. The molecule has 2 aromatic rings. The van der Waals surface area contributed by atoms with Crippen LogP contribution in [0.1, 0.15) is 5.50 Å². The van der Waals surface area contributed by atoms with Crippen LogP contribution in [0.2, 0.25) is 0 Å². The third-order valence-corrected chi connectivity index (χ3v) is 2.48. The van der Waals surface area contributed by atoms with Crippen molar-refractivity contribution in [3.8, 4) is 0 Å². The van der Waals surface area contributed by atoms with Crippen molar-refractivity contribution in [1.29, 1.82) is 0 Å². The number of rotatable bonds is 2. The van der Waals surface area contributed by atoms with Crippen molar-refractivity contribution >= 4 is 22.5 Å². The van der Waals surface area contributed by atoms with Gasteiger partial charge in [0.15, 0.2) is 0 Å². The van der Waals surface area contributed by atoms with E-state index in [-0.39, 0.29) is 5.50 Å². The SMILES string of the molecule is C=CC(Cl)n1ccc2ccccc21. The predicted octanol–water partition coefficient (Wildman–Crippen LogP) is 3.56. The normalized spacial score (nSPS) is 13.0. The van der Waals surface area contributed by atoms with Gasteiger partial charge in [-0.05, 0) is 17.5 Å². The van der Waals surface area contributed by atoms with Crippen LogP contribution in [0.25, 0.3) is 10.9 Å². The van der Waals surface area contributed by atoms with E-state index in [4.69, 9.17) is 11.6 Å². The van der Waals surface area contributed by atoms with Crippen LogP contribution in [0.3, 0.4) is 0 Å². The second-order valence-electron chi connectivity index (χ2n) is 2.89. The molecule has 0 aliphatic rings. The molecule has 0 aliphatic heterocycles. The highest BCUT2D eigenvalue weighted by Crippen LogP contribution is 2.22. The van der Waals surface area contributed by atoms with E-state index in [9.17, 15) is 0 Å². The average molecular weight is 192 g/mol. The molecule has 0 fully saturated rings. The van der Waals surface area contributed by atoms with Crippen LogP contribution in [0, 0.1) is 0 Å². The molecule has 1 aromatic heterocycles. The minimum atomic E-state index is -0.167. The highest BCUT2D eigenvalue weighted by atomic mass is 35.5. The molecule has 0 radical (unpaired) electrons. The molecule has 0 spiro atoms. The van der Waals surface area contributed by atoms with Crippen LogP contribution < -0.4 is 0 Å². The van der Waals surface area contributed by atoms with Gasteiger partial charge in [-0.3, -0.25) is 0 Å². The zero-order chi connectivity index (χ0) is 9.26. The number of nitrogens with zero attached hydrogens (tertiary/aromatic N) is 1. The molecule has 1 atom stereocenters. The summed E-state index contributed by atoms with van der Waals surface area (Å²) in [5.41, 5.74) is 0.974. The van der Waals surface area contributed by atoms with Crippen LogP contribution in [0.4, 0.5) is 0 Å². The van der Waals surface area contributed by atoms with Crippen molar-refractivity contribution in [1.82, 2.24) is 4.57 Å². The number of allylic oxidation sites excluding steroid dienone is 1. The fourth-order valence-electron chi connectivity index (χ4n) is 1.43. The molecule has 2 heteroatoms. The zero-order valence-corrected chi connectivity index (χ0v) is 7.91. The molecule has 0 bridgehead atoms. The first-order chi connectivity index (χ1) is 6.33. The summed E-state index contributed by atoms with van der Waals surface area (Å²) >= 11 is 6.06. The highest BCUT2D eigenvalue weighted by Gasteiger charge is 2.04. The monoisotopic (exact) mass is 191 g/mol. The smallest absolute Gasteiger partial charge is 0.126 e. The number of hydrogen-bond acceptors (Lipinski definition) is 0. The fraction of sp³-hybridized carbons (Fsp3) is 0.0909. The van der Waals surface area contributed by atoms with E-state index in [0.29, 0.717) is 0 Å². The Labute approximate surface area is 82.2 Å². The van der Waals surface area contributed by atoms with Crippen molar-refractivity contribution in [2.24, 2.45) is 0 Å². The van der Waals surface area contributed by atoms with Crippen molar-refractivity contribution in [3.63, 3.8) is 0 Å². The topological polar surface area (TPSA) is 4.93 Å². The van der Waals surface area contributed by atoms with Crippen LogP contribution in [0.15, 0.2) is 49.2 Å². The van der Waals surface area contributed by atoms with Crippen LogP contribution >= 0.6 is 11.6 Å². The molecule has 2 rings (SSSR count). The van der Waals surface area contributed by atoms with Gasteiger partial charge in [0.05, 0.1) is 0 Å². The van der Waals surface area contributed by atoms with Gasteiger partial charge in [-0.25, -0.2) is 0 Å². The second kappa shape index (κ2) is 3.27. The summed E-state index contributed by atoms with van der Waals surface area (Å²) in [5.74, 6) is 0. The van der Waals surface area contributed by atoms with Crippen molar-refractivity contribution in [3.05, 3.63) is 49.2 Å². The Morgan fingerprint density at radius 2 is 2.08 bits per heavy atom. The lowest BCUT2D eigenvalue weighted by atomic mass is 10.2. The number of halogens is 1. The Balaban J connectivity index is 2.64. The quantitative estimate of drug-likeness (QED) is 0.505. The van der Waals surface area contributed by atoms with E-state index >= 15 is 0 Å². The molecular weight excluding hydrogens is 182 g/mol. The largest absolute Gasteiger partial charge is 0.327 e. The number of fused-ring (bicyclic) bond motifs is 1. The molecule has 66 valence electrons. The van der Waals surface area contributed by atoms with Gasteiger partial charge >= 0.3 is 0 Å². The molecule has 1 heterocycles. The summed E-state index contributed by atoms with van der Waals surface area (Å²) in [7, 11) is 0. The van der Waals surface area contributed by atoms with E-state index in [1.54, 1.807) is 6.08 Å². The maximum absolute atomic E-state index is 6.06. The maximum Gasteiger partial charge on any atom is 0.126 e. The minimum absolute atomic E-state index is 0.167. The minimum Gasteiger partial charge on any atom is -0.327 e. The number of para-hydroxylation sites is 1. The molecular formula is C11H10ClN. The summed E-state index contributed by atoms with van der Waals surface area (Å²) in [5, 5.41) is 1.20. The molecule has 13 heavy (non-hydrogen) atoms. The van der Waals surface area contributed by atoms with Crippen LogP contribution in [0.5, 0.6) is 0 Å². The van der Waals surface area contributed by atoms with E-state index in [2.05, 4.69) is 12.6 Å². The molecule has 1 aromatic carbocycles. The lowest BCUT2D eigenvalue weighted by Crippen LogP contribution is -1.96. The summed E-state index contributed by atoms with van der Waals surface area (Å²) in [6.45, 7) is 3.67. The third kappa shape index (κ3) is 1.36. The maximum atomic E-state index is 6.06. The zero-order valence-electron chi connectivity index (χ0n) is 7.15. The molecule has 1 nitrogen and oxygen atoms in total. The molecule has 1 unspecified atom stereocenters. The van der Waals surface area contributed by atoms with E-state index in [1.165, 1.54) is 5.39 Å². The molecule has 0 saturated carbocycles. The van der Waals surface area contributed by atoms with Gasteiger partial charge in [0.1, 0.15) is 5.50 Å². The number of alkyl halides is 1. The summed E-state index contributed by atoms with van der Waals surface area (Å²) in [6, 6.07) is 10.2. The third-order valence-electron chi connectivity index (χ3n) is 2.09.